The predicted molar refractivity (Wildman–Crippen MR) is 114 cm³/mol. The van der Waals surface area contributed by atoms with Crippen LogP contribution < -0.4 is 22.1 Å². The second kappa shape index (κ2) is 7.40. The molecule has 2 aromatic carbocycles. The predicted octanol–water partition coefficient (Wildman–Crippen LogP) is 3.53. The number of nitrogens with two attached hydrogens (primary N) is 2. The Morgan fingerprint density at radius 1 is 0.786 bits per heavy atom. The van der Waals surface area contributed by atoms with Crippen molar-refractivity contribution < 1.29 is 4.79 Å². The van der Waals surface area contributed by atoms with Crippen molar-refractivity contribution in [2.45, 2.75) is 12.8 Å². The lowest BCUT2D eigenvalue weighted by atomic mass is 10.0. The van der Waals surface area contributed by atoms with Gasteiger partial charge in [-0.1, -0.05) is 24.3 Å². The number of nitrogens with one attached hydrogen (secondary N) is 2. The Balaban J connectivity index is 1.41. The first-order chi connectivity index (χ1) is 13.6. The Morgan fingerprint density at radius 2 is 1.25 bits per heavy atom. The van der Waals surface area contributed by atoms with Gasteiger partial charge in [0.05, 0.1) is 0 Å². The molecule has 2 aliphatic rings. The largest absolute Gasteiger partial charge is 0.387 e. The highest BCUT2D eigenvalue weighted by molar-refractivity contribution is 6.01. The van der Waals surface area contributed by atoms with Gasteiger partial charge in [0.2, 0.25) is 0 Å². The van der Waals surface area contributed by atoms with E-state index in [0.29, 0.717) is 35.9 Å². The maximum Gasteiger partial charge on any atom is 0.323 e. The first-order valence-corrected chi connectivity index (χ1v) is 8.88. The number of nitrogens with zero attached hydrogens (tertiary/aromatic N) is 2. The number of carbonyl (C=O) groups is 1. The normalized spacial score (nSPS) is 15.4. The number of anilines is 2. The van der Waals surface area contributed by atoms with E-state index in [-0.39, 0.29) is 6.03 Å². The number of urea groups is 1. The molecule has 0 spiro atoms. The molecule has 2 aromatic rings. The van der Waals surface area contributed by atoms with Crippen LogP contribution in [0, 0.1) is 0 Å². The molecule has 0 unspecified atom stereocenters. The van der Waals surface area contributed by atoms with Gasteiger partial charge in [0.1, 0.15) is 11.7 Å². The van der Waals surface area contributed by atoms with Crippen molar-refractivity contribution >= 4 is 40.2 Å². The van der Waals surface area contributed by atoms with Crippen molar-refractivity contribution in [2.24, 2.45) is 21.5 Å². The molecule has 2 aliphatic heterocycles. The Kier molecular flexibility index (Phi) is 4.63. The summed E-state index contributed by atoms with van der Waals surface area (Å²) in [5.41, 5.74) is 16.9. The van der Waals surface area contributed by atoms with E-state index in [4.69, 9.17) is 11.5 Å². The lowest BCUT2D eigenvalue weighted by Gasteiger charge is -2.11. The molecule has 0 aliphatic carbocycles. The third-order valence-electron chi connectivity index (χ3n) is 4.50. The first-order valence-electron chi connectivity index (χ1n) is 8.88. The van der Waals surface area contributed by atoms with E-state index in [1.807, 2.05) is 48.5 Å². The van der Waals surface area contributed by atoms with Crippen LogP contribution in [-0.2, 0) is 0 Å². The molecule has 0 fully saturated rings. The highest BCUT2D eigenvalue weighted by atomic mass is 16.2. The fourth-order valence-electron chi connectivity index (χ4n) is 3.13. The van der Waals surface area contributed by atoms with Crippen LogP contribution in [0.25, 0.3) is 11.1 Å². The van der Waals surface area contributed by atoms with Crippen LogP contribution >= 0.6 is 0 Å². The zero-order valence-electron chi connectivity index (χ0n) is 15.1. The van der Waals surface area contributed by atoms with Crippen LogP contribution in [0.4, 0.5) is 16.2 Å². The van der Waals surface area contributed by atoms with Crippen molar-refractivity contribution in [1.82, 2.24) is 0 Å². The van der Waals surface area contributed by atoms with Gasteiger partial charge in [0.15, 0.2) is 0 Å². The van der Waals surface area contributed by atoms with Crippen LogP contribution in [-0.4, -0.2) is 17.7 Å². The lowest BCUT2D eigenvalue weighted by Crippen LogP contribution is -2.19. The number of benzene rings is 2. The molecular weight excluding hydrogens is 352 g/mol. The highest BCUT2D eigenvalue weighted by Crippen LogP contribution is 2.26. The summed E-state index contributed by atoms with van der Waals surface area (Å²) in [6.07, 6.45) is 4.75. The number of aliphatic imine (C=N–C) groups is 2. The fraction of sp³-hybridized carbons (Fsp3) is 0.0952. The molecule has 0 aromatic heterocycles. The molecule has 0 saturated carbocycles. The molecule has 7 heteroatoms. The summed E-state index contributed by atoms with van der Waals surface area (Å²) in [6.45, 7) is 0. The minimum Gasteiger partial charge on any atom is -0.387 e. The summed E-state index contributed by atoms with van der Waals surface area (Å²) in [7, 11) is 0. The molecule has 2 heterocycles. The zero-order valence-corrected chi connectivity index (χ0v) is 15.1. The van der Waals surface area contributed by atoms with Crippen LogP contribution in [0.1, 0.15) is 24.0 Å². The molecule has 0 bridgehead atoms. The minimum absolute atomic E-state index is 0.318. The van der Waals surface area contributed by atoms with Crippen molar-refractivity contribution in [3.8, 4) is 0 Å². The van der Waals surface area contributed by atoms with Crippen molar-refractivity contribution in [2.75, 3.05) is 10.6 Å². The summed E-state index contributed by atoms with van der Waals surface area (Å²) < 4.78 is 0. The quantitative estimate of drug-likeness (QED) is 0.657. The number of amides is 2. The lowest BCUT2D eigenvalue weighted by molar-refractivity contribution is 0.262. The van der Waals surface area contributed by atoms with Gasteiger partial charge in [0.25, 0.3) is 0 Å². The van der Waals surface area contributed by atoms with Gasteiger partial charge in [-0.3, -0.25) is 0 Å². The standard InChI is InChI=1S/C21H20N6O/c22-19-9-15(11-24-19)13-3-1-5-17(7-13)26-21(28)27-18-6-2-4-14(8-18)16-10-20(23)25-12-16/h1-8,11-12H,9-10H2,(H2,22,24)(H2,23,25)(H2,26,27,28). The molecule has 28 heavy (non-hydrogen) atoms. The van der Waals surface area contributed by atoms with Gasteiger partial charge in [-0.15, -0.1) is 0 Å². The summed E-state index contributed by atoms with van der Waals surface area (Å²) in [4.78, 5) is 20.6. The van der Waals surface area contributed by atoms with E-state index in [1.54, 1.807) is 12.4 Å². The average molecular weight is 372 g/mol. The smallest absolute Gasteiger partial charge is 0.323 e. The minimum atomic E-state index is -0.318. The molecular formula is C21H20N6O. The number of carbonyl (C=O) groups excluding carboxylic acids is 1. The average Bonchev–Trinajstić information content (AvgIpc) is 3.30. The highest BCUT2D eigenvalue weighted by Gasteiger charge is 2.12. The Hall–Kier alpha value is -3.87. The summed E-state index contributed by atoms with van der Waals surface area (Å²) in [5.74, 6) is 1.19. The van der Waals surface area contributed by atoms with E-state index in [2.05, 4.69) is 20.6 Å². The third kappa shape index (κ3) is 3.93. The van der Waals surface area contributed by atoms with Crippen LogP contribution in [0.5, 0.6) is 0 Å². The molecule has 7 nitrogen and oxygen atoms in total. The van der Waals surface area contributed by atoms with E-state index in [1.165, 1.54) is 0 Å². The van der Waals surface area contributed by atoms with Crippen LogP contribution in [0.3, 0.4) is 0 Å². The molecule has 4 rings (SSSR count). The van der Waals surface area contributed by atoms with E-state index >= 15 is 0 Å². The zero-order chi connectivity index (χ0) is 19.5. The molecule has 0 saturated heterocycles. The topological polar surface area (TPSA) is 118 Å². The number of hydrogen-bond acceptors (Lipinski definition) is 5. The molecule has 0 radical (unpaired) electrons. The van der Waals surface area contributed by atoms with Crippen LogP contribution in [0.15, 0.2) is 70.9 Å². The molecule has 6 N–H and O–H groups in total. The summed E-state index contributed by atoms with van der Waals surface area (Å²) >= 11 is 0. The van der Waals surface area contributed by atoms with Crippen molar-refractivity contribution in [1.29, 1.82) is 0 Å². The summed E-state index contributed by atoms with van der Waals surface area (Å²) in [6, 6.07) is 14.9. The van der Waals surface area contributed by atoms with Gasteiger partial charge in [-0.25, -0.2) is 14.8 Å². The van der Waals surface area contributed by atoms with Gasteiger partial charge < -0.3 is 22.1 Å². The van der Waals surface area contributed by atoms with E-state index in [0.717, 1.165) is 22.3 Å². The first kappa shape index (κ1) is 17.5. The van der Waals surface area contributed by atoms with Crippen molar-refractivity contribution in [3.63, 3.8) is 0 Å². The Bertz CT molecular complexity index is 981. The molecule has 0 atom stereocenters. The van der Waals surface area contributed by atoms with E-state index in [9.17, 15) is 4.79 Å². The monoisotopic (exact) mass is 372 g/mol. The molecule has 2 amide bonds. The van der Waals surface area contributed by atoms with Crippen LogP contribution in [0.2, 0.25) is 0 Å². The maximum atomic E-state index is 12.4. The molecule has 140 valence electrons. The second-order valence-corrected chi connectivity index (χ2v) is 6.64. The number of hydrogen-bond donors (Lipinski definition) is 4. The summed E-state index contributed by atoms with van der Waals surface area (Å²) in [5, 5.41) is 5.72. The second-order valence-electron chi connectivity index (χ2n) is 6.64. The Labute approximate surface area is 162 Å². The van der Waals surface area contributed by atoms with Gasteiger partial charge in [0, 0.05) is 36.6 Å². The van der Waals surface area contributed by atoms with Gasteiger partial charge in [-0.2, -0.15) is 0 Å². The van der Waals surface area contributed by atoms with Gasteiger partial charge in [-0.05, 0) is 46.5 Å². The fourth-order valence-corrected chi connectivity index (χ4v) is 3.13. The SMILES string of the molecule is NC1=NC=C(c2cccc(NC(=O)Nc3cccc(C4=CN=C(N)C4)c3)c2)C1. The number of amidine groups is 2. The Morgan fingerprint density at radius 3 is 1.64 bits per heavy atom. The van der Waals surface area contributed by atoms with Crippen molar-refractivity contribution in [3.05, 3.63) is 72.1 Å². The van der Waals surface area contributed by atoms with E-state index < -0.39 is 0 Å². The number of rotatable bonds is 4. The van der Waals surface area contributed by atoms with Gasteiger partial charge >= 0.3 is 6.03 Å². The maximum absolute atomic E-state index is 12.4. The third-order valence-corrected chi connectivity index (χ3v) is 4.50.